The third-order valence-electron chi connectivity index (χ3n) is 4.71. The van der Waals surface area contributed by atoms with Crippen molar-refractivity contribution in [3.05, 3.63) is 59.6 Å². The second kappa shape index (κ2) is 8.25. The summed E-state index contributed by atoms with van der Waals surface area (Å²) in [6.45, 7) is 6.29. The van der Waals surface area contributed by atoms with E-state index in [4.69, 9.17) is 4.42 Å². The van der Waals surface area contributed by atoms with Crippen molar-refractivity contribution in [2.24, 2.45) is 11.8 Å². The molecule has 2 atom stereocenters. The SMILES string of the molecule is CC(C)C(=O)Nc1cccc(CNC(=O)/C=C/c2ccc(C3CC3C)o2)c1. The van der Waals surface area contributed by atoms with Crippen LogP contribution >= 0.6 is 0 Å². The smallest absolute Gasteiger partial charge is 0.244 e. The summed E-state index contributed by atoms with van der Waals surface area (Å²) >= 11 is 0. The molecule has 0 bridgehead atoms. The molecule has 2 unspecified atom stereocenters. The van der Waals surface area contributed by atoms with Crippen molar-refractivity contribution in [3.8, 4) is 0 Å². The number of anilines is 1. The average molecular weight is 366 g/mol. The van der Waals surface area contributed by atoms with Crippen LogP contribution in [0.3, 0.4) is 0 Å². The molecule has 1 aromatic carbocycles. The van der Waals surface area contributed by atoms with E-state index in [2.05, 4.69) is 17.6 Å². The molecule has 1 saturated carbocycles. The summed E-state index contributed by atoms with van der Waals surface area (Å²) in [5, 5.41) is 5.70. The minimum atomic E-state index is -0.190. The Hall–Kier alpha value is -2.82. The number of benzene rings is 1. The van der Waals surface area contributed by atoms with E-state index in [9.17, 15) is 9.59 Å². The minimum Gasteiger partial charge on any atom is -0.461 e. The van der Waals surface area contributed by atoms with E-state index in [0.29, 0.717) is 24.1 Å². The third-order valence-corrected chi connectivity index (χ3v) is 4.71. The van der Waals surface area contributed by atoms with E-state index in [1.165, 1.54) is 12.5 Å². The van der Waals surface area contributed by atoms with Crippen molar-refractivity contribution in [1.29, 1.82) is 0 Å². The van der Waals surface area contributed by atoms with Gasteiger partial charge in [0.25, 0.3) is 0 Å². The molecule has 1 aliphatic carbocycles. The molecule has 0 spiro atoms. The second-order valence-electron chi connectivity index (χ2n) is 7.46. The first-order chi connectivity index (χ1) is 12.9. The van der Waals surface area contributed by atoms with Crippen LogP contribution in [0.25, 0.3) is 6.08 Å². The number of furan rings is 1. The molecule has 1 aliphatic rings. The van der Waals surface area contributed by atoms with Gasteiger partial charge >= 0.3 is 0 Å². The van der Waals surface area contributed by atoms with Gasteiger partial charge < -0.3 is 15.1 Å². The number of hydrogen-bond acceptors (Lipinski definition) is 3. The third kappa shape index (κ3) is 5.33. The Balaban J connectivity index is 1.50. The minimum absolute atomic E-state index is 0.0301. The van der Waals surface area contributed by atoms with Gasteiger partial charge in [0.1, 0.15) is 11.5 Å². The summed E-state index contributed by atoms with van der Waals surface area (Å²) in [5.41, 5.74) is 1.65. The van der Waals surface area contributed by atoms with Gasteiger partial charge in [-0.3, -0.25) is 9.59 Å². The van der Waals surface area contributed by atoms with Crippen molar-refractivity contribution in [2.75, 3.05) is 5.32 Å². The number of amides is 2. The highest BCUT2D eigenvalue weighted by Crippen LogP contribution is 2.47. The van der Waals surface area contributed by atoms with Gasteiger partial charge in [-0.2, -0.15) is 0 Å². The van der Waals surface area contributed by atoms with E-state index < -0.39 is 0 Å². The molecule has 0 radical (unpaired) electrons. The maximum absolute atomic E-state index is 12.0. The molecule has 142 valence electrons. The summed E-state index contributed by atoms with van der Waals surface area (Å²) in [7, 11) is 0. The van der Waals surface area contributed by atoms with E-state index >= 15 is 0 Å². The molecule has 3 rings (SSSR count). The summed E-state index contributed by atoms with van der Waals surface area (Å²) in [6, 6.07) is 11.3. The first-order valence-corrected chi connectivity index (χ1v) is 9.38. The average Bonchev–Trinajstić information content (AvgIpc) is 3.18. The van der Waals surface area contributed by atoms with Crippen molar-refractivity contribution < 1.29 is 14.0 Å². The molecule has 2 aromatic rings. The summed E-state index contributed by atoms with van der Waals surface area (Å²) in [5.74, 6) is 2.62. The van der Waals surface area contributed by atoms with Crippen LogP contribution in [0.2, 0.25) is 0 Å². The van der Waals surface area contributed by atoms with E-state index in [-0.39, 0.29) is 17.7 Å². The lowest BCUT2D eigenvalue weighted by Gasteiger charge is -2.09. The van der Waals surface area contributed by atoms with E-state index in [1.54, 1.807) is 6.08 Å². The maximum atomic E-state index is 12.0. The zero-order valence-corrected chi connectivity index (χ0v) is 16.0. The largest absolute Gasteiger partial charge is 0.461 e. The normalized spacial score (nSPS) is 18.7. The fourth-order valence-corrected chi connectivity index (χ4v) is 2.83. The van der Waals surface area contributed by atoms with Crippen LogP contribution in [0, 0.1) is 11.8 Å². The zero-order valence-electron chi connectivity index (χ0n) is 16.0. The van der Waals surface area contributed by atoms with Crippen molar-refractivity contribution in [1.82, 2.24) is 5.32 Å². The molecule has 0 saturated heterocycles. The van der Waals surface area contributed by atoms with Crippen LogP contribution in [0.1, 0.15) is 50.2 Å². The van der Waals surface area contributed by atoms with E-state index in [0.717, 1.165) is 17.0 Å². The molecule has 27 heavy (non-hydrogen) atoms. The maximum Gasteiger partial charge on any atom is 0.244 e. The Labute approximate surface area is 159 Å². The number of nitrogens with one attached hydrogen (secondary N) is 2. The van der Waals surface area contributed by atoms with Gasteiger partial charge in [0.05, 0.1) is 0 Å². The molecular formula is C22H26N2O3. The summed E-state index contributed by atoms with van der Waals surface area (Å²) < 4.78 is 5.76. The Bertz CT molecular complexity index is 851. The van der Waals surface area contributed by atoms with Crippen LogP contribution in [-0.4, -0.2) is 11.8 Å². The van der Waals surface area contributed by atoms with Gasteiger partial charge in [0.2, 0.25) is 11.8 Å². The number of carbonyl (C=O) groups is 2. The Kier molecular flexibility index (Phi) is 5.79. The number of hydrogen-bond donors (Lipinski definition) is 2. The molecule has 1 aromatic heterocycles. The van der Waals surface area contributed by atoms with Gasteiger partial charge in [-0.15, -0.1) is 0 Å². The highest BCUT2D eigenvalue weighted by Gasteiger charge is 2.36. The molecule has 2 N–H and O–H groups in total. The number of rotatable bonds is 7. The quantitative estimate of drug-likeness (QED) is 0.717. The first-order valence-electron chi connectivity index (χ1n) is 9.38. The summed E-state index contributed by atoms with van der Waals surface area (Å²) in [6.07, 6.45) is 4.34. The standard InChI is InChI=1S/C22H26N2O3/c1-14(2)22(26)24-17-6-4-5-16(12-17)13-23-21(25)10-8-18-7-9-20(27-18)19-11-15(19)3/h4-10,12,14-15,19H,11,13H2,1-3H3,(H,23,25)(H,24,26)/b10-8+. The van der Waals surface area contributed by atoms with Crippen molar-refractivity contribution in [2.45, 2.75) is 39.7 Å². The van der Waals surface area contributed by atoms with Crippen molar-refractivity contribution >= 4 is 23.6 Å². The van der Waals surface area contributed by atoms with Gasteiger partial charge in [0, 0.05) is 30.1 Å². The monoisotopic (exact) mass is 366 g/mol. The van der Waals surface area contributed by atoms with Gasteiger partial charge in [-0.05, 0) is 48.2 Å². The fraction of sp³-hybridized carbons (Fsp3) is 0.364. The topological polar surface area (TPSA) is 71.3 Å². The Morgan fingerprint density at radius 1 is 1.26 bits per heavy atom. The highest BCUT2D eigenvalue weighted by molar-refractivity contribution is 5.92. The molecule has 1 heterocycles. The predicted molar refractivity (Wildman–Crippen MR) is 106 cm³/mol. The Morgan fingerprint density at radius 2 is 2.04 bits per heavy atom. The lowest BCUT2D eigenvalue weighted by atomic mass is 10.1. The zero-order chi connectivity index (χ0) is 19.4. The molecular weight excluding hydrogens is 340 g/mol. The lowest BCUT2D eigenvalue weighted by Crippen LogP contribution is -2.21. The molecule has 5 heteroatoms. The fourth-order valence-electron chi connectivity index (χ4n) is 2.83. The van der Waals surface area contributed by atoms with Crippen molar-refractivity contribution in [3.63, 3.8) is 0 Å². The molecule has 2 amide bonds. The van der Waals surface area contributed by atoms with E-state index in [1.807, 2.05) is 50.2 Å². The van der Waals surface area contributed by atoms with Gasteiger partial charge in [-0.25, -0.2) is 0 Å². The first kappa shape index (κ1) is 19.0. The van der Waals surface area contributed by atoms with Gasteiger partial charge in [0.15, 0.2) is 0 Å². The Morgan fingerprint density at radius 3 is 2.74 bits per heavy atom. The van der Waals surface area contributed by atoms with Crippen LogP contribution in [0.4, 0.5) is 5.69 Å². The number of carbonyl (C=O) groups excluding carboxylic acids is 2. The van der Waals surface area contributed by atoms with Crippen LogP contribution in [-0.2, 0) is 16.1 Å². The molecule has 1 fully saturated rings. The molecule has 0 aliphatic heterocycles. The van der Waals surface area contributed by atoms with Gasteiger partial charge in [-0.1, -0.05) is 32.9 Å². The summed E-state index contributed by atoms with van der Waals surface area (Å²) in [4.78, 5) is 23.8. The molecule has 5 nitrogen and oxygen atoms in total. The van der Waals surface area contributed by atoms with Crippen LogP contribution in [0.5, 0.6) is 0 Å². The lowest BCUT2D eigenvalue weighted by molar-refractivity contribution is -0.119. The predicted octanol–water partition coefficient (Wildman–Crippen LogP) is 4.33. The highest BCUT2D eigenvalue weighted by atomic mass is 16.3. The van der Waals surface area contributed by atoms with Crippen LogP contribution < -0.4 is 10.6 Å². The van der Waals surface area contributed by atoms with Crippen LogP contribution in [0.15, 0.2) is 46.9 Å². The second-order valence-corrected chi connectivity index (χ2v) is 7.46.